The van der Waals surface area contributed by atoms with Crippen molar-refractivity contribution in [2.45, 2.75) is 70.2 Å². The number of halogens is 1. The van der Waals surface area contributed by atoms with E-state index in [2.05, 4.69) is 82.4 Å². The van der Waals surface area contributed by atoms with E-state index in [1.54, 1.807) is 0 Å². The molecule has 4 nitrogen and oxygen atoms in total. The van der Waals surface area contributed by atoms with E-state index in [9.17, 15) is 0 Å². The van der Waals surface area contributed by atoms with Crippen LogP contribution in [0.3, 0.4) is 0 Å². The van der Waals surface area contributed by atoms with E-state index in [-0.39, 0.29) is 17.7 Å². The Morgan fingerprint density at radius 3 is 2.67 bits per heavy atom. The van der Waals surface area contributed by atoms with Crippen molar-refractivity contribution in [2.24, 2.45) is 0 Å². The maximum absolute atomic E-state index is 7.01. The number of hydrogen-bond acceptors (Lipinski definition) is 4. The second-order valence-corrected chi connectivity index (χ2v) is 14.3. The molecule has 1 aromatic rings. The number of fused-ring (bicyclic) bond motifs is 1. The summed E-state index contributed by atoms with van der Waals surface area (Å²) >= 11 is 2.31. The van der Waals surface area contributed by atoms with E-state index < -0.39 is 8.32 Å². The van der Waals surface area contributed by atoms with Gasteiger partial charge in [-0.15, -0.1) is 0 Å². The summed E-state index contributed by atoms with van der Waals surface area (Å²) in [5.74, 6) is 0. The molecule has 1 saturated carbocycles. The van der Waals surface area contributed by atoms with Crippen molar-refractivity contribution >= 4 is 30.9 Å². The van der Waals surface area contributed by atoms with E-state index >= 15 is 0 Å². The van der Waals surface area contributed by atoms with Crippen molar-refractivity contribution in [3.63, 3.8) is 0 Å². The first-order valence-electron chi connectivity index (χ1n) is 11.0. The van der Waals surface area contributed by atoms with Crippen LogP contribution in [0.1, 0.15) is 31.7 Å². The summed E-state index contributed by atoms with van der Waals surface area (Å²) in [7, 11) is -1.78. The maximum atomic E-state index is 7.01. The van der Waals surface area contributed by atoms with E-state index in [1.165, 1.54) is 11.1 Å². The van der Waals surface area contributed by atoms with Gasteiger partial charge in [0.2, 0.25) is 0 Å². The van der Waals surface area contributed by atoms with Crippen LogP contribution >= 0.6 is 22.6 Å². The highest BCUT2D eigenvalue weighted by Crippen LogP contribution is 2.48. The Morgan fingerprint density at radius 2 is 2.00 bits per heavy atom. The van der Waals surface area contributed by atoms with Gasteiger partial charge in [0.15, 0.2) is 8.32 Å². The first-order valence-corrected chi connectivity index (χ1v) is 15.6. The molecule has 0 aromatic heterocycles. The molecule has 3 rings (SSSR count). The maximum Gasteiger partial charge on any atom is 0.184 e. The molecule has 0 radical (unpaired) electrons. The summed E-state index contributed by atoms with van der Waals surface area (Å²) < 4.78 is 21.4. The van der Waals surface area contributed by atoms with Crippen LogP contribution < -0.4 is 0 Å². The molecule has 1 saturated heterocycles. The van der Waals surface area contributed by atoms with Gasteiger partial charge < -0.3 is 13.9 Å². The standard InChI is InChI=1S/C24H36INO3Si/c1-5-21-12-13-22(28-19-27-18-20-10-7-6-8-11-20)24(29-30(2,3)4)14-17-26(23(21)24)16-9-15-25/h5-11,15,22-23H,12-14,16-19H2,1-4H3/b15-9+,21-5+/t22-,23-,24-/m1/s1. The molecule has 0 N–H and O–H groups in total. The van der Waals surface area contributed by atoms with Gasteiger partial charge in [0.05, 0.1) is 18.8 Å². The molecule has 0 spiro atoms. The summed E-state index contributed by atoms with van der Waals surface area (Å²) in [6, 6.07) is 10.6. The first kappa shape index (κ1) is 24.1. The average molecular weight is 542 g/mol. The summed E-state index contributed by atoms with van der Waals surface area (Å²) in [5, 5.41) is 0. The Labute approximate surface area is 196 Å². The fourth-order valence-electron chi connectivity index (χ4n) is 4.96. The van der Waals surface area contributed by atoms with Crippen LogP contribution in [0.2, 0.25) is 19.6 Å². The van der Waals surface area contributed by atoms with Crippen molar-refractivity contribution in [1.82, 2.24) is 4.90 Å². The van der Waals surface area contributed by atoms with Gasteiger partial charge in [-0.25, -0.2) is 0 Å². The Balaban J connectivity index is 1.76. The van der Waals surface area contributed by atoms with Crippen LogP contribution in [-0.4, -0.2) is 50.8 Å². The van der Waals surface area contributed by atoms with Crippen LogP contribution in [0.4, 0.5) is 0 Å². The normalized spacial score (nSPS) is 29.0. The first-order chi connectivity index (χ1) is 14.4. The van der Waals surface area contributed by atoms with Crippen molar-refractivity contribution in [3.05, 3.63) is 57.7 Å². The lowest BCUT2D eigenvalue weighted by atomic mass is 9.75. The molecule has 0 bridgehead atoms. The summed E-state index contributed by atoms with van der Waals surface area (Å²) in [5.41, 5.74) is 2.39. The highest BCUT2D eigenvalue weighted by molar-refractivity contribution is 14.1. The monoisotopic (exact) mass is 541 g/mol. The lowest BCUT2D eigenvalue weighted by Gasteiger charge is -2.50. The van der Waals surface area contributed by atoms with Gasteiger partial charge in [0.1, 0.15) is 12.4 Å². The second-order valence-electron chi connectivity index (χ2n) is 9.19. The molecule has 1 aromatic carbocycles. The minimum atomic E-state index is -1.78. The van der Waals surface area contributed by atoms with Crippen LogP contribution in [0.25, 0.3) is 0 Å². The molecule has 6 heteroatoms. The van der Waals surface area contributed by atoms with Crippen molar-refractivity contribution < 1.29 is 13.9 Å². The molecule has 0 amide bonds. The molecule has 3 atom stereocenters. The second kappa shape index (κ2) is 10.9. The number of benzene rings is 1. The van der Waals surface area contributed by atoms with Crippen molar-refractivity contribution in [3.8, 4) is 0 Å². The van der Waals surface area contributed by atoms with E-state index in [0.717, 1.165) is 32.4 Å². The Kier molecular flexibility index (Phi) is 8.75. The fraction of sp³-hybridized carbons (Fsp3) is 0.583. The summed E-state index contributed by atoms with van der Waals surface area (Å²) in [4.78, 5) is 2.57. The molecule has 1 aliphatic heterocycles. The Hall–Kier alpha value is -0.513. The molecule has 30 heavy (non-hydrogen) atoms. The zero-order chi connectivity index (χ0) is 21.6. The number of ether oxygens (including phenoxy) is 2. The number of hydrogen-bond donors (Lipinski definition) is 0. The van der Waals surface area contributed by atoms with Gasteiger partial charge in [0.25, 0.3) is 0 Å². The highest BCUT2D eigenvalue weighted by atomic mass is 127. The van der Waals surface area contributed by atoms with Gasteiger partial charge in [-0.05, 0) is 55.5 Å². The van der Waals surface area contributed by atoms with Crippen LogP contribution in [0, 0.1) is 0 Å². The lowest BCUT2D eigenvalue weighted by molar-refractivity contribution is -0.172. The van der Waals surface area contributed by atoms with Gasteiger partial charge >= 0.3 is 0 Å². The predicted molar refractivity (Wildman–Crippen MR) is 134 cm³/mol. The van der Waals surface area contributed by atoms with Crippen LogP contribution in [0.15, 0.2) is 52.1 Å². The molecule has 2 aliphatic rings. The summed E-state index contributed by atoms with van der Waals surface area (Å²) in [6.45, 7) is 11.9. The molecule has 1 aliphatic carbocycles. The lowest BCUT2D eigenvalue weighted by Crippen LogP contribution is -2.62. The number of allylic oxidation sites excluding steroid dienone is 1. The SMILES string of the molecule is C/C=C1\CC[C@@H](OCOCc2ccccc2)[C@]2(O[Si](C)(C)C)CCN(C/C=C/I)[C@H]12. The summed E-state index contributed by atoms with van der Waals surface area (Å²) in [6.07, 6.45) is 7.67. The quantitative estimate of drug-likeness (QED) is 0.128. The third-order valence-corrected chi connectivity index (χ3v) is 7.47. The van der Waals surface area contributed by atoms with Crippen LogP contribution in [-0.2, 0) is 20.5 Å². The molecule has 166 valence electrons. The predicted octanol–water partition coefficient (Wildman–Crippen LogP) is 5.90. The zero-order valence-electron chi connectivity index (χ0n) is 18.8. The number of likely N-dealkylation sites (tertiary alicyclic amines) is 1. The van der Waals surface area contributed by atoms with Crippen molar-refractivity contribution in [1.29, 1.82) is 0 Å². The molecule has 0 unspecified atom stereocenters. The zero-order valence-corrected chi connectivity index (χ0v) is 21.9. The van der Waals surface area contributed by atoms with Gasteiger partial charge in [-0.2, -0.15) is 0 Å². The number of nitrogens with zero attached hydrogens (tertiary/aromatic N) is 1. The Morgan fingerprint density at radius 1 is 1.23 bits per heavy atom. The average Bonchev–Trinajstić information content (AvgIpc) is 3.08. The number of rotatable bonds is 9. The highest BCUT2D eigenvalue weighted by Gasteiger charge is 2.58. The smallest absolute Gasteiger partial charge is 0.184 e. The van der Waals surface area contributed by atoms with E-state index in [1.807, 2.05) is 18.2 Å². The van der Waals surface area contributed by atoms with Gasteiger partial charge in [0, 0.05) is 13.1 Å². The molecule has 1 heterocycles. The largest absolute Gasteiger partial charge is 0.407 e. The minimum absolute atomic E-state index is 0.0577. The van der Waals surface area contributed by atoms with E-state index in [0.29, 0.717) is 13.4 Å². The topological polar surface area (TPSA) is 30.9 Å². The third kappa shape index (κ3) is 5.84. The Bertz CT molecular complexity index is 734. The third-order valence-electron chi connectivity index (χ3n) is 5.97. The fourth-order valence-corrected chi connectivity index (χ4v) is 6.68. The van der Waals surface area contributed by atoms with Gasteiger partial charge in [-0.3, -0.25) is 4.90 Å². The van der Waals surface area contributed by atoms with Crippen LogP contribution in [0.5, 0.6) is 0 Å². The molecular weight excluding hydrogens is 505 g/mol. The molecule has 2 fully saturated rings. The van der Waals surface area contributed by atoms with Gasteiger partial charge in [-0.1, -0.05) is 70.6 Å². The van der Waals surface area contributed by atoms with Crippen molar-refractivity contribution in [2.75, 3.05) is 19.9 Å². The molecular formula is C24H36INO3Si. The van der Waals surface area contributed by atoms with E-state index in [4.69, 9.17) is 13.9 Å². The minimum Gasteiger partial charge on any atom is -0.407 e.